The van der Waals surface area contributed by atoms with E-state index in [0.717, 1.165) is 5.76 Å². The standard InChI is InChI=1S/C9H12ClNO2/c1-7-3-4-9(13-7)11(2)8(12)5-6-10/h3-4H,5-6H2,1-2H3. The molecule has 0 aliphatic rings. The fourth-order valence-electron chi connectivity index (χ4n) is 0.973. The Bertz CT molecular complexity index is 296. The van der Waals surface area contributed by atoms with Gasteiger partial charge in [0.25, 0.3) is 0 Å². The Morgan fingerprint density at radius 3 is 2.77 bits per heavy atom. The number of amides is 1. The van der Waals surface area contributed by atoms with Crippen LogP contribution in [-0.2, 0) is 4.79 Å². The Morgan fingerprint density at radius 2 is 2.31 bits per heavy atom. The fraction of sp³-hybridized carbons (Fsp3) is 0.444. The first-order valence-electron chi connectivity index (χ1n) is 4.04. The molecule has 4 heteroatoms. The zero-order valence-corrected chi connectivity index (χ0v) is 8.47. The zero-order valence-electron chi connectivity index (χ0n) is 7.71. The highest BCUT2D eigenvalue weighted by Gasteiger charge is 2.12. The average molecular weight is 202 g/mol. The van der Waals surface area contributed by atoms with Gasteiger partial charge in [-0.3, -0.25) is 9.69 Å². The summed E-state index contributed by atoms with van der Waals surface area (Å²) in [6, 6.07) is 3.58. The number of halogens is 1. The Labute approximate surface area is 82.3 Å². The summed E-state index contributed by atoms with van der Waals surface area (Å²) >= 11 is 5.46. The molecule has 0 aromatic carbocycles. The highest BCUT2D eigenvalue weighted by atomic mass is 35.5. The summed E-state index contributed by atoms with van der Waals surface area (Å²) in [5, 5.41) is 0. The molecule has 3 nitrogen and oxygen atoms in total. The lowest BCUT2D eigenvalue weighted by Crippen LogP contribution is -2.25. The van der Waals surface area contributed by atoms with E-state index in [4.69, 9.17) is 16.0 Å². The Hall–Kier alpha value is -0.960. The molecule has 1 amide bonds. The molecule has 0 atom stereocenters. The van der Waals surface area contributed by atoms with Gasteiger partial charge >= 0.3 is 0 Å². The van der Waals surface area contributed by atoms with Crippen molar-refractivity contribution in [2.75, 3.05) is 17.8 Å². The Balaban J connectivity index is 2.67. The summed E-state index contributed by atoms with van der Waals surface area (Å²) < 4.78 is 5.27. The molecule has 1 aromatic rings. The van der Waals surface area contributed by atoms with Crippen LogP contribution in [0.4, 0.5) is 5.88 Å². The number of aryl methyl sites for hydroxylation is 1. The second kappa shape index (κ2) is 4.33. The Kier molecular flexibility index (Phi) is 3.37. The van der Waals surface area contributed by atoms with Gasteiger partial charge in [-0.25, -0.2) is 0 Å². The second-order valence-electron chi connectivity index (χ2n) is 2.78. The van der Waals surface area contributed by atoms with E-state index < -0.39 is 0 Å². The quantitative estimate of drug-likeness (QED) is 0.703. The second-order valence-corrected chi connectivity index (χ2v) is 3.15. The van der Waals surface area contributed by atoms with Crippen LogP contribution in [0.3, 0.4) is 0 Å². The molecule has 1 heterocycles. The van der Waals surface area contributed by atoms with Crippen LogP contribution in [0.25, 0.3) is 0 Å². The molecule has 0 spiro atoms. The maximum Gasteiger partial charge on any atom is 0.230 e. The van der Waals surface area contributed by atoms with Crippen LogP contribution in [0.5, 0.6) is 0 Å². The van der Waals surface area contributed by atoms with E-state index in [2.05, 4.69) is 0 Å². The van der Waals surface area contributed by atoms with Gasteiger partial charge < -0.3 is 4.42 Å². The smallest absolute Gasteiger partial charge is 0.230 e. The topological polar surface area (TPSA) is 33.5 Å². The number of carbonyl (C=O) groups is 1. The van der Waals surface area contributed by atoms with Crippen LogP contribution in [0.1, 0.15) is 12.2 Å². The molecule has 0 unspecified atom stereocenters. The molecule has 0 radical (unpaired) electrons. The predicted molar refractivity (Wildman–Crippen MR) is 52.2 cm³/mol. The molecule has 0 fully saturated rings. The van der Waals surface area contributed by atoms with Crippen LogP contribution in [-0.4, -0.2) is 18.8 Å². The van der Waals surface area contributed by atoms with E-state index in [-0.39, 0.29) is 5.91 Å². The number of anilines is 1. The van der Waals surface area contributed by atoms with Crippen molar-refractivity contribution in [1.82, 2.24) is 0 Å². The third-order valence-electron chi connectivity index (χ3n) is 1.74. The van der Waals surface area contributed by atoms with Gasteiger partial charge in [-0.15, -0.1) is 11.6 Å². The molecular weight excluding hydrogens is 190 g/mol. The summed E-state index contributed by atoms with van der Waals surface area (Å²) in [6.45, 7) is 1.84. The van der Waals surface area contributed by atoms with Crippen molar-refractivity contribution in [2.24, 2.45) is 0 Å². The monoisotopic (exact) mass is 201 g/mol. The van der Waals surface area contributed by atoms with Crippen molar-refractivity contribution in [3.8, 4) is 0 Å². The largest absolute Gasteiger partial charge is 0.445 e. The summed E-state index contributed by atoms with van der Waals surface area (Å²) in [6.07, 6.45) is 0.331. The number of hydrogen-bond donors (Lipinski definition) is 0. The number of rotatable bonds is 3. The first-order chi connectivity index (χ1) is 6.15. The molecule has 0 saturated carbocycles. The van der Waals surface area contributed by atoms with E-state index >= 15 is 0 Å². The van der Waals surface area contributed by atoms with Gasteiger partial charge in [0.05, 0.1) is 0 Å². The number of furan rings is 1. The van der Waals surface area contributed by atoms with Gasteiger partial charge in [0.15, 0.2) is 0 Å². The maximum absolute atomic E-state index is 11.3. The van der Waals surface area contributed by atoms with Gasteiger partial charge in [0.1, 0.15) is 5.76 Å². The molecule has 13 heavy (non-hydrogen) atoms. The SMILES string of the molecule is Cc1ccc(N(C)C(=O)CCCl)o1. The molecular formula is C9H12ClNO2. The molecule has 0 aliphatic carbocycles. The van der Waals surface area contributed by atoms with Crippen LogP contribution in [0, 0.1) is 6.92 Å². The van der Waals surface area contributed by atoms with E-state index in [1.54, 1.807) is 13.1 Å². The minimum atomic E-state index is -0.0376. The molecule has 1 rings (SSSR count). The van der Waals surface area contributed by atoms with Crippen molar-refractivity contribution >= 4 is 23.4 Å². The van der Waals surface area contributed by atoms with Gasteiger partial charge in [-0.05, 0) is 13.0 Å². The summed E-state index contributed by atoms with van der Waals surface area (Å²) in [4.78, 5) is 12.8. The summed E-state index contributed by atoms with van der Waals surface area (Å²) in [5.74, 6) is 1.65. The van der Waals surface area contributed by atoms with Crippen molar-refractivity contribution in [1.29, 1.82) is 0 Å². The van der Waals surface area contributed by atoms with Gasteiger partial charge in [0, 0.05) is 25.4 Å². The number of alkyl halides is 1. The van der Waals surface area contributed by atoms with E-state index in [1.807, 2.05) is 13.0 Å². The predicted octanol–water partition coefficient (Wildman–Crippen LogP) is 2.18. The van der Waals surface area contributed by atoms with Crippen LogP contribution in [0.2, 0.25) is 0 Å². The normalized spacial score (nSPS) is 10.1. The van der Waals surface area contributed by atoms with Gasteiger partial charge in [-0.2, -0.15) is 0 Å². The third-order valence-corrected chi connectivity index (χ3v) is 1.93. The van der Waals surface area contributed by atoms with Crippen molar-refractivity contribution in [3.63, 3.8) is 0 Å². The first kappa shape index (κ1) is 10.1. The Morgan fingerprint density at radius 1 is 1.62 bits per heavy atom. The molecule has 0 saturated heterocycles. The minimum Gasteiger partial charge on any atom is -0.445 e. The van der Waals surface area contributed by atoms with Crippen LogP contribution >= 0.6 is 11.6 Å². The highest BCUT2D eigenvalue weighted by molar-refractivity contribution is 6.19. The minimum absolute atomic E-state index is 0.0376. The van der Waals surface area contributed by atoms with Crippen molar-refractivity contribution < 1.29 is 9.21 Å². The number of hydrogen-bond acceptors (Lipinski definition) is 2. The van der Waals surface area contributed by atoms with E-state index in [0.29, 0.717) is 18.2 Å². The first-order valence-corrected chi connectivity index (χ1v) is 4.57. The molecule has 0 bridgehead atoms. The average Bonchev–Trinajstić information content (AvgIpc) is 2.51. The molecule has 1 aromatic heterocycles. The van der Waals surface area contributed by atoms with Gasteiger partial charge in [0.2, 0.25) is 11.8 Å². The van der Waals surface area contributed by atoms with Crippen molar-refractivity contribution in [3.05, 3.63) is 17.9 Å². The summed E-state index contributed by atoms with van der Waals surface area (Å²) in [5.41, 5.74) is 0. The fourth-order valence-corrected chi connectivity index (χ4v) is 1.14. The zero-order chi connectivity index (χ0) is 9.84. The lowest BCUT2D eigenvalue weighted by atomic mass is 10.4. The number of nitrogens with zero attached hydrogens (tertiary/aromatic N) is 1. The van der Waals surface area contributed by atoms with E-state index in [9.17, 15) is 4.79 Å². The number of carbonyl (C=O) groups excluding carboxylic acids is 1. The highest BCUT2D eigenvalue weighted by Crippen LogP contribution is 2.16. The summed E-state index contributed by atoms with van der Waals surface area (Å²) in [7, 11) is 1.67. The molecule has 0 N–H and O–H groups in total. The van der Waals surface area contributed by atoms with E-state index in [1.165, 1.54) is 4.90 Å². The molecule has 72 valence electrons. The van der Waals surface area contributed by atoms with Crippen LogP contribution < -0.4 is 4.90 Å². The lowest BCUT2D eigenvalue weighted by molar-refractivity contribution is -0.118. The maximum atomic E-state index is 11.3. The lowest BCUT2D eigenvalue weighted by Gasteiger charge is -2.12. The molecule has 0 aliphatic heterocycles. The van der Waals surface area contributed by atoms with Crippen LogP contribution in [0.15, 0.2) is 16.5 Å². The van der Waals surface area contributed by atoms with Gasteiger partial charge in [-0.1, -0.05) is 0 Å². The van der Waals surface area contributed by atoms with Crippen molar-refractivity contribution in [2.45, 2.75) is 13.3 Å². The third kappa shape index (κ3) is 2.49.